The number of benzene rings is 4. The van der Waals surface area contributed by atoms with Crippen LogP contribution in [0.2, 0.25) is 0 Å². The molecule has 0 saturated carbocycles. The molecule has 0 spiro atoms. The normalized spacial score (nSPS) is 10.8. The molecule has 0 aliphatic rings. The smallest absolute Gasteiger partial charge is 0.343 e. The lowest BCUT2D eigenvalue weighted by Crippen LogP contribution is -2.14. The first-order valence-corrected chi connectivity index (χ1v) is 34.5. The van der Waals surface area contributed by atoms with Crippen LogP contribution in [0.1, 0.15) is 247 Å². The van der Waals surface area contributed by atoms with E-state index in [1.165, 1.54) is 43.2 Å². The van der Waals surface area contributed by atoms with Gasteiger partial charge in [0.1, 0.15) is 34.3 Å². The molecule has 0 heterocycles. The number of unbranched alkanes of at least 4 members (excludes halogenated alkanes) is 28. The Morgan fingerprint density at radius 3 is 0.809 bits per heavy atom. The summed E-state index contributed by atoms with van der Waals surface area (Å²) in [7, 11) is 0. The highest BCUT2D eigenvalue weighted by Crippen LogP contribution is 2.28. The van der Waals surface area contributed by atoms with Crippen LogP contribution < -0.4 is 23.7 Å². The second kappa shape index (κ2) is 51.2. The fraction of sp³-hybridized carbons (Fsp3) is 0.519. The maximum Gasteiger partial charge on any atom is 0.343 e. The summed E-state index contributed by atoms with van der Waals surface area (Å²) in [6.07, 6.45) is 36.0. The van der Waals surface area contributed by atoms with Crippen LogP contribution in [0.3, 0.4) is 0 Å². The Balaban J connectivity index is 1.15. The third-order valence-corrected chi connectivity index (χ3v) is 15.5. The molecule has 0 atom stereocenters. The van der Waals surface area contributed by atoms with Gasteiger partial charge in [-0.25, -0.2) is 33.6 Å². The van der Waals surface area contributed by atoms with Crippen LogP contribution in [0.5, 0.6) is 28.7 Å². The van der Waals surface area contributed by atoms with Gasteiger partial charge in [-0.15, -0.1) is 0 Å². The van der Waals surface area contributed by atoms with Crippen LogP contribution in [-0.4, -0.2) is 94.6 Å². The minimum atomic E-state index is -0.721. The second-order valence-corrected chi connectivity index (χ2v) is 23.3. The summed E-state index contributed by atoms with van der Waals surface area (Å²) in [6.45, 7) is 13.7. The maximum absolute atomic E-state index is 13.7. The molecular formula is C77H104O17. The molecule has 0 aliphatic heterocycles. The Morgan fingerprint density at radius 1 is 0.255 bits per heavy atom. The number of hydrogen-bond donors (Lipinski definition) is 0. The fourth-order valence-electron chi connectivity index (χ4n) is 10.0. The predicted octanol–water partition coefficient (Wildman–Crippen LogP) is 17.9. The number of ether oxygens (including phenoxy) is 10. The summed E-state index contributed by atoms with van der Waals surface area (Å²) in [5, 5.41) is 0. The molecular weight excluding hydrogens is 1200 g/mol. The molecule has 0 radical (unpaired) electrons. The van der Waals surface area contributed by atoms with Crippen molar-refractivity contribution in [2.24, 2.45) is 0 Å². The van der Waals surface area contributed by atoms with E-state index in [-0.39, 0.29) is 52.7 Å². The Kier molecular flexibility index (Phi) is 42.6. The van der Waals surface area contributed by atoms with Gasteiger partial charge < -0.3 is 47.4 Å². The minimum Gasteiger partial charge on any atom is -0.494 e. The lowest BCUT2D eigenvalue weighted by Gasteiger charge is -2.13. The molecule has 0 saturated heterocycles. The van der Waals surface area contributed by atoms with Gasteiger partial charge in [-0.1, -0.05) is 161 Å². The topological polar surface area (TPSA) is 212 Å². The van der Waals surface area contributed by atoms with Crippen LogP contribution >= 0.6 is 0 Å². The molecule has 0 fully saturated rings. The van der Waals surface area contributed by atoms with Crippen LogP contribution in [0.25, 0.3) is 0 Å². The minimum absolute atomic E-state index is 0.0437. The zero-order valence-corrected chi connectivity index (χ0v) is 55.7. The number of esters is 7. The molecule has 0 aliphatic carbocycles. The van der Waals surface area contributed by atoms with Gasteiger partial charge in [0.15, 0.2) is 0 Å². The van der Waals surface area contributed by atoms with Crippen molar-refractivity contribution in [3.05, 3.63) is 151 Å². The second-order valence-electron chi connectivity index (χ2n) is 23.3. The van der Waals surface area contributed by atoms with Crippen molar-refractivity contribution >= 4 is 41.8 Å². The molecule has 4 aromatic rings. The van der Waals surface area contributed by atoms with E-state index >= 15 is 0 Å². The van der Waals surface area contributed by atoms with E-state index in [9.17, 15) is 33.6 Å². The van der Waals surface area contributed by atoms with Gasteiger partial charge in [-0.05, 0) is 155 Å². The van der Waals surface area contributed by atoms with Crippen LogP contribution in [0.15, 0.2) is 129 Å². The van der Waals surface area contributed by atoms with Gasteiger partial charge in [-0.2, -0.15) is 0 Å². The standard InChI is InChI=1S/C77H104O17/c1-4-71(78)88-56-34-25-19-15-9-13-17-23-31-53-85-66-47-41-63(42-48-66)75(82)93-68-51-52-70(94-76(83)64-43-49-67(50-44-64)86-54-32-24-18-14-10-16-20-26-35-57-89-72(79)5-2)69(61-68)77(84)92-60-38-28-22-12-8-7-11-21-27-37-59-91-74(81)62-39-45-65(46-40-62)87-55-33-29-30-36-58-90-73(80)6-3/h4-6,39-52,61H,1-3,7-38,53-60H2. The SMILES string of the molecule is C=CC(=O)OCCCCCCCCCCCOc1ccc(C(=O)Oc2ccc(OC(=O)c3ccc(OCCCCCCCCCCCOC(=O)C=C)cc3)c(C(=O)OCCCCCCCCCCCCOC(=O)c3ccc(OCCCCCCOC(=O)C=C)cc3)c2)cc1. The maximum atomic E-state index is 13.7. The molecule has 0 bridgehead atoms. The average molecular weight is 1300 g/mol. The molecule has 94 heavy (non-hydrogen) atoms. The van der Waals surface area contributed by atoms with Crippen molar-refractivity contribution in [3.8, 4) is 28.7 Å². The zero-order chi connectivity index (χ0) is 67.3. The van der Waals surface area contributed by atoms with Crippen LogP contribution in [-0.2, 0) is 38.1 Å². The van der Waals surface area contributed by atoms with E-state index in [0.717, 1.165) is 192 Å². The molecule has 0 N–H and O–H groups in total. The van der Waals surface area contributed by atoms with E-state index in [1.54, 1.807) is 72.8 Å². The molecule has 17 nitrogen and oxygen atoms in total. The van der Waals surface area contributed by atoms with Crippen molar-refractivity contribution in [3.63, 3.8) is 0 Å². The van der Waals surface area contributed by atoms with Gasteiger partial charge in [0.25, 0.3) is 0 Å². The van der Waals surface area contributed by atoms with Gasteiger partial charge in [0.2, 0.25) is 0 Å². The van der Waals surface area contributed by atoms with Crippen molar-refractivity contribution in [2.45, 2.75) is 205 Å². The molecule has 0 unspecified atom stereocenters. The summed E-state index contributed by atoms with van der Waals surface area (Å²) < 4.78 is 55.5. The zero-order valence-electron chi connectivity index (χ0n) is 55.7. The van der Waals surface area contributed by atoms with Crippen molar-refractivity contribution in [2.75, 3.05) is 52.9 Å². The average Bonchev–Trinajstić information content (AvgIpc) is 0.961. The first-order valence-electron chi connectivity index (χ1n) is 34.5. The Labute approximate surface area is 558 Å². The van der Waals surface area contributed by atoms with Crippen molar-refractivity contribution in [1.29, 1.82) is 0 Å². The Hall–Kier alpha value is -8.21. The van der Waals surface area contributed by atoms with E-state index in [1.807, 2.05) is 0 Å². The largest absolute Gasteiger partial charge is 0.494 e. The summed E-state index contributed by atoms with van der Waals surface area (Å²) in [6, 6.07) is 24.6. The molecule has 17 heteroatoms. The lowest BCUT2D eigenvalue weighted by molar-refractivity contribution is -0.138. The lowest BCUT2D eigenvalue weighted by atomic mass is 10.1. The number of rotatable bonds is 56. The van der Waals surface area contributed by atoms with Gasteiger partial charge in [0, 0.05) is 18.2 Å². The highest BCUT2D eigenvalue weighted by molar-refractivity contribution is 5.97. The van der Waals surface area contributed by atoms with E-state index in [2.05, 4.69) is 19.7 Å². The van der Waals surface area contributed by atoms with E-state index in [0.29, 0.717) is 75.5 Å². The van der Waals surface area contributed by atoms with Gasteiger partial charge in [0.05, 0.1) is 69.5 Å². The van der Waals surface area contributed by atoms with Crippen LogP contribution in [0.4, 0.5) is 0 Å². The third-order valence-electron chi connectivity index (χ3n) is 15.5. The highest BCUT2D eigenvalue weighted by Gasteiger charge is 2.21. The monoisotopic (exact) mass is 1300 g/mol. The quantitative estimate of drug-likeness (QED) is 0.0132. The number of carbonyl (C=O) groups excluding carboxylic acids is 7. The van der Waals surface area contributed by atoms with E-state index < -0.39 is 23.9 Å². The molecule has 4 rings (SSSR count). The van der Waals surface area contributed by atoms with Gasteiger partial charge >= 0.3 is 41.8 Å². The van der Waals surface area contributed by atoms with Crippen molar-refractivity contribution < 1.29 is 80.9 Å². The molecule has 0 amide bonds. The molecule has 514 valence electrons. The summed E-state index contributed by atoms with van der Waals surface area (Å²) in [5.74, 6) is -1.57. The summed E-state index contributed by atoms with van der Waals surface area (Å²) >= 11 is 0. The number of hydrogen-bond acceptors (Lipinski definition) is 17. The van der Waals surface area contributed by atoms with Gasteiger partial charge in [-0.3, -0.25) is 0 Å². The number of carbonyl (C=O) groups is 7. The first kappa shape index (κ1) is 78.2. The third kappa shape index (κ3) is 36.9. The Morgan fingerprint density at radius 2 is 0.500 bits per heavy atom. The summed E-state index contributed by atoms with van der Waals surface area (Å²) in [5.41, 5.74) is 0.956. The van der Waals surface area contributed by atoms with E-state index in [4.69, 9.17) is 47.4 Å². The Bertz CT molecular complexity index is 2810. The fourth-order valence-corrected chi connectivity index (χ4v) is 10.0. The summed E-state index contributed by atoms with van der Waals surface area (Å²) in [4.78, 5) is 86.6. The molecule has 0 aromatic heterocycles. The van der Waals surface area contributed by atoms with Crippen LogP contribution in [0, 0.1) is 0 Å². The highest BCUT2D eigenvalue weighted by atomic mass is 16.6. The molecule has 4 aromatic carbocycles. The first-order chi connectivity index (χ1) is 46.0. The predicted molar refractivity (Wildman–Crippen MR) is 364 cm³/mol. The van der Waals surface area contributed by atoms with Crippen molar-refractivity contribution in [1.82, 2.24) is 0 Å².